The lowest BCUT2D eigenvalue weighted by Crippen LogP contribution is -2.29. The van der Waals surface area contributed by atoms with Crippen molar-refractivity contribution in [3.63, 3.8) is 0 Å². The molecule has 0 aliphatic carbocycles. The van der Waals surface area contributed by atoms with E-state index in [1.54, 1.807) is 19.2 Å². The smallest absolute Gasteiger partial charge is 0.272 e. The summed E-state index contributed by atoms with van der Waals surface area (Å²) in [5, 5.41) is 4.02. The zero-order valence-corrected chi connectivity index (χ0v) is 16.3. The van der Waals surface area contributed by atoms with E-state index in [0.717, 1.165) is 54.3 Å². The zero-order valence-electron chi connectivity index (χ0n) is 16.3. The second kappa shape index (κ2) is 7.50. The molecule has 1 saturated heterocycles. The van der Waals surface area contributed by atoms with Crippen molar-refractivity contribution in [3.05, 3.63) is 59.1 Å². The van der Waals surface area contributed by atoms with E-state index in [1.807, 2.05) is 36.9 Å². The van der Waals surface area contributed by atoms with Crippen LogP contribution < -0.4 is 0 Å². The fourth-order valence-corrected chi connectivity index (χ4v) is 3.80. The van der Waals surface area contributed by atoms with Crippen molar-refractivity contribution < 1.29 is 9.32 Å². The minimum atomic E-state index is -0.0227. The maximum Gasteiger partial charge on any atom is 0.272 e. The Morgan fingerprint density at radius 2 is 2.07 bits per heavy atom. The van der Waals surface area contributed by atoms with Gasteiger partial charge in [-0.3, -0.25) is 9.78 Å². The summed E-state index contributed by atoms with van der Waals surface area (Å²) in [6.45, 7) is 7.09. The molecule has 1 amide bonds. The summed E-state index contributed by atoms with van der Waals surface area (Å²) in [5.41, 5.74) is 4.18. The molecule has 1 aliphatic rings. The quantitative estimate of drug-likeness (QED) is 0.694. The first kappa shape index (κ1) is 18.3. The van der Waals surface area contributed by atoms with Crippen LogP contribution in [-0.2, 0) is 6.42 Å². The van der Waals surface area contributed by atoms with E-state index in [1.165, 1.54) is 0 Å². The van der Waals surface area contributed by atoms with E-state index in [4.69, 9.17) is 9.51 Å². The summed E-state index contributed by atoms with van der Waals surface area (Å²) < 4.78 is 5.27. The molecule has 0 aromatic carbocycles. The van der Waals surface area contributed by atoms with Gasteiger partial charge in [0.25, 0.3) is 5.91 Å². The monoisotopic (exact) mass is 377 g/mol. The predicted octanol–water partition coefficient (Wildman–Crippen LogP) is 3.16. The Bertz CT molecular complexity index is 994. The summed E-state index contributed by atoms with van der Waals surface area (Å²) in [4.78, 5) is 27.7. The molecule has 4 heterocycles. The molecule has 4 rings (SSSR count). The van der Waals surface area contributed by atoms with Crippen molar-refractivity contribution >= 4 is 5.91 Å². The lowest BCUT2D eigenvalue weighted by atomic mass is 10.0. The fraction of sp³-hybridized carbons (Fsp3) is 0.381. The van der Waals surface area contributed by atoms with Gasteiger partial charge in [-0.1, -0.05) is 11.2 Å². The van der Waals surface area contributed by atoms with Crippen molar-refractivity contribution in [1.82, 2.24) is 25.0 Å². The van der Waals surface area contributed by atoms with Gasteiger partial charge in [-0.2, -0.15) is 0 Å². The minimum absolute atomic E-state index is 0.0227. The first-order valence-corrected chi connectivity index (χ1v) is 9.49. The number of amides is 1. The first-order chi connectivity index (χ1) is 13.5. The van der Waals surface area contributed by atoms with Gasteiger partial charge in [-0.25, -0.2) is 9.97 Å². The highest BCUT2D eigenvalue weighted by Crippen LogP contribution is 2.27. The second-order valence-electron chi connectivity index (χ2n) is 7.31. The van der Waals surface area contributed by atoms with E-state index >= 15 is 0 Å². The Hall–Kier alpha value is -3.09. The van der Waals surface area contributed by atoms with Gasteiger partial charge >= 0.3 is 0 Å². The molecule has 144 valence electrons. The number of likely N-dealkylation sites (tertiary alicyclic amines) is 1. The molecular formula is C21H23N5O2. The van der Waals surface area contributed by atoms with Crippen molar-refractivity contribution in [3.8, 4) is 11.3 Å². The number of aryl methyl sites for hydroxylation is 3. The highest BCUT2D eigenvalue weighted by atomic mass is 16.5. The number of hydrogen-bond acceptors (Lipinski definition) is 6. The predicted molar refractivity (Wildman–Crippen MR) is 104 cm³/mol. The molecule has 1 unspecified atom stereocenters. The molecule has 1 atom stereocenters. The molecule has 7 heteroatoms. The van der Waals surface area contributed by atoms with Crippen LogP contribution >= 0.6 is 0 Å². The van der Waals surface area contributed by atoms with Gasteiger partial charge in [0.2, 0.25) is 0 Å². The fourth-order valence-electron chi connectivity index (χ4n) is 3.80. The highest BCUT2D eigenvalue weighted by Gasteiger charge is 2.28. The Morgan fingerprint density at radius 3 is 2.82 bits per heavy atom. The van der Waals surface area contributed by atoms with Gasteiger partial charge in [-0.15, -0.1) is 0 Å². The third-order valence-corrected chi connectivity index (χ3v) is 5.16. The molecule has 28 heavy (non-hydrogen) atoms. The summed E-state index contributed by atoms with van der Waals surface area (Å²) in [6.07, 6.45) is 3.43. The van der Waals surface area contributed by atoms with E-state index in [9.17, 15) is 4.79 Å². The lowest BCUT2D eigenvalue weighted by Gasteiger charge is -2.16. The number of rotatable bonds is 4. The maximum absolute atomic E-state index is 12.7. The third kappa shape index (κ3) is 3.65. The normalized spacial score (nSPS) is 16.5. The number of pyridine rings is 1. The van der Waals surface area contributed by atoms with Gasteiger partial charge in [0.15, 0.2) is 0 Å². The molecule has 0 bridgehead atoms. The van der Waals surface area contributed by atoms with E-state index < -0.39 is 0 Å². The van der Waals surface area contributed by atoms with Crippen LogP contribution in [-0.4, -0.2) is 44.0 Å². The van der Waals surface area contributed by atoms with Crippen LogP contribution in [0.1, 0.15) is 39.9 Å². The van der Waals surface area contributed by atoms with Crippen LogP contribution in [0, 0.1) is 26.7 Å². The number of carbonyl (C=O) groups is 1. The molecule has 0 saturated carbocycles. The molecule has 0 radical (unpaired) electrons. The summed E-state index contributed by atoms with van der Waals surface area (Å²) in [6, 6.07) is 7.72. The topological polar surface area (TPSA) is 85.0 Å². The Balaban J connectivity index is 1.45. The average molecular weight is 377 g/mol. The van der Waals surface area contributed by atoms with Crippen LogP contribution in [0.25, 0.3) is 11.3 Å². The van der Waals surface area contributed by atoms with E-state index in [0.29, 0.717) is 17.4 Å². The largest absolute Gasteiger partial charge is 0.361 e. The number of nitrogens with zero attached hydrogens (tertiary/aromatic N) is 5. The summed E-state index contributed by atoms with van der Waals surface area (Å²) in [5.74, 6) is 1.76. The minimum Gasteiger partial charge on any atom is -0.361 e. The summed E-state index contributed by atoms with van der Waals surface area (Å²) >= 11 is 0. The van der Waals surface area contributed by atoms with Crippen molar-refractivity contribution in [2.45, 2.75) is 33.6 Å². The first-order valence-electron chi connectivity index (χ1n) is 9.49. The van der Waals surface area contributed by atoms with E-state index in [2.05, 4.69) is 15.1 Å². The van der Waals surface area contributed by atoms with Gasteiger partial charge in [0.1, 0.15) is 17.3 Å². The Kier molecular flexibility index (Phi) is 4.90. The molecule has 3 aromatic rings. The van der Waals surface area contributed by atoms with Gasteiger partial charge in [-0.05, 0) is 57.7 Å². The number of aromatic nitrogens is 4. The highest BCUT2D eigenvalue weighted by molar-refractivity contribution is 5.92. The summed E-state index contributed by atoms with van der Waals surface area (Å²) in [7, 11) is 0. The molecular weight excluding hydrogens is 354 g/mol. The maximum atomic E-state index is 12.7. The van der Waals surface area contributed by atoms with Gasteiger partial charge in [0.05, 0.1) is 17.0 Å². The van der Waals surface area contributed by atoms with Crippen LogP contribution in [0.15, 0.2) is 35.0 Å². The zero-order chi connectivity index (χ0) is 19.7. The van der Waals surface area contributed by atoms with Crippen LogP contribution in [0.3, 0.4) is 0 Å². The Labute approximate surface area is 163 Å². The number of hydrogen-bond donors (Lipinski definition) is 0. The molecule has 1 aliphatic heterocycles. The van der Waals surface area contributed by atoms with Crippen molar-refractivity contribution in [1.29, 1.82) is 0 Å². The molecule has 7 nitrogen and oxygen atoms in total. The SMILES string of the molecule is Cc1nccc(C(=O)N2CCC(Cc3cccc(-c4c(C)noc4C)n3)C2)n1. The van der Waals surface area contributed by atoms with Crippen molar-refractivity contribution in [2.75, 3.05) is 13.1 Å². The standard InChI is InChI=1S/C21H23N5O2/c1-13-20(14(2)28-25-13)18-6-4-5-17(24-18)11-16-8-10-26(12-16)21(27)19-7-9-22-15(3)23-19/h4-7,9,16H,8,10-12H2,1-3H3. The van der Waals surface area contributed by atoms with Gasteiger partial charge in [0, 0.05) is 25.0 Å². The van der Waals surface area contributed by atoms with Crippen LogP contribution in [0.5, 0.6) is 0 Å². The Morgan fingerprint density at radius 1 is 1.21 bits per heavy atom. The third-order valence-electron chi connectivity index (χ3n) is 5.16. The molecule has 3 aromatic heterocycles. The lowest BCUT2D eigenvalue weighted by molar-refractivity contribution is 0.0780. The van der Waals surface area contributed by atoms with Crippen molar-refractivity contribution in [2.24, 2.45) is 5.92 Å². The van der Waals surface area contributed by atoms with Crippen LogP contribution in [0.4, 0.5) is 0 Å². The second-order valence-corrected chi connectivity index (χ2v) is 7.31. The number of carbonyl (C=O) groups excluding carboxylic acids is 1. The van der Waals surface area contributed by atoms with Crippen LogP contribution in [0.2, 0.25) is 0 Å². The molecule has 0 N–H and O–H groups in total. The molecule has 0 spiro atoms. The average Bonchev–Trinajstić information content (AvgIpc) is 3.28. The van der Waals surface area contributed by atoms with E-state index in [-0.39, 0.29) is 5.91 Å². The van der Waals surface area contributed by atoms with Gasteiger partial charge < -0.3 is 9.42 Å². The molecule has 1 fully saturated rings.